The lowest BCUT2D eigenvalue weighted by Crippen LogP contribution is -2.41. The van der Waals surface area contributed by atoms with Crippen molar-refractivity contribution >= 4 is 29.2 Å². The molecule has 1 aliphatic heterocycles. The van der Waals surface area contributed by atoms with Gasteiger partial charge >= 0.3 is 0 Å². The van der Waals surface area contributed by atoms with Crippen LogP contribution in [0.25, 0.3) is 0 Å². The van der Waals surface area contributed by atoms with Crippen LogP contribution in [0, 0.1) is 19.8 Å². The summed E-state index contributed by atoms with van der Waals surface area (Å²) in [7, 11) is 0. The third kappa shape index (κ3) is 4.82. The van der Waals surface area contributed by atoms with Crippen LogP contribution in [0.3, 0.4) is 0 Å². The molecule has 4 rings (SSSR count). The van der Waals surface area contributed by atoms with E-state index in [4.69, 9.17) is 0 Å². The minimum Gasteiger partial charge on any atom is -0.354 e. The molecule has 0 saturated carbocycles. The number of carbonyl (C=O) groups excluding carboxylic acids is 1. The summed E-state index contributed by atoms with van der Waals surface area (Å²) in [5, 5.41) is 3.97. The van der Waals surface area contributed by atoms with Crippen molar-refractivity contribution in [3.63, 3.8) is 0 Å². The highest BCUT2D eigenvalue weighted by molar-refractivity contribution is 7.99. The van der Waals surface area contributed by atoms with E-state index in [0.29, 0.717) is 6.54 Å². The fraction of sp³-hybridized carbons (Fsp3) is 0.292. The Morgan fingerprint density at radius 2 is 1.87 bits per heavy atom. The summed E-state index contributed by atoms with van der Waals surface area (Å²) in [5.41, 5.74) is 3.27. The van der Waals surface area contributed by atoms with Crippen molar-refractivity contribution in [3.05, 3.63) is 72.1 Å². The van der Waals surface area contributed by atoms with E-state index in [-0.39, 0.29) is 11.8 Å². The molecule has 1 fully saturated rings. The number of hydrogen-bond acceptors (Lipinski definition) is 5. The molecule has 2 aromatic carbocycles. The molecular weight excluding hydrogens is 392 g/mol. The maximum absolute atomic E-state index is 12.9. The first-order valence-electron chi connectivity index (χ1n) is 10.3. The molecule has 5 nitrogen and oxygen atoms in total. The molecule has 3 aromatic rings. The third-order valence-corrected chi connectivity index (χ3v) is 6.46. The summed E-state index contributed by atoms with van der Waals surface area (Å²) < 4.78 is 0. The van der Waals surface area contributed by atoms with E-state index in [1.807, 2.05) is 36.4 Å². The van der Waals surface area contributed by atoms with Crippen molar-refractivity contribution in [1.29, 1.82) is 0 Å². The largest absolute Gasteiger partial charge is 0.354 e. The molecule has 0 spiro atoms. The molecule has 1 N–H and O–H groups in total. The summed E-state index contributed by atoms with van der Waals surface area (Å²) in [5.74, 6) is 0.857. The van der Waals surface area contributed by atoms with Crippen LogP contribution in [0.1, 0.15) is 24.0 Å². The minimum absolute atomic E-state index is 0.0723. The molecule has 6 heteroatoms. The maximum atomic E-state index is 12.9. The Kier molecular flexibility index (Phi) is 6.33. The van der Waals surface area contributed by atoms with Gasteiger partial charge in [-0.2, -0.15) is 0 Å². The molecule has 1 atom stereocenters. The zero-order valence-corrected chi connectivity index (χ0v) is 18.2. The molecule has 154 valence electrons. The van der Waals surface area contributed by atoms with Crippen LogP contribution < -0.4 is 10.2 Å². The molecule has 0 radical (unpaired) electrons. The van der Waals surface area contributed by atoms with Gasteiger partial charge in [-0.1, -0.05) is 36.0 Å². The quantitative estimate of drug-likeness (QED) is 0.625. The van der Waals surface area contributed by atoms with Crippen molar-refractivity contribution in [2.45, 2.75) is 36.6 Å². The van der Waals surface area contributed by atoms with Gasteiger partial charge in [-0.15, -0.1) is 0 Å². The number of aryl methyl sites for hydroxylation is 2. The fourth-order valence-corrected chi connectivity index (χ4v) is 4.56. The van der Waals surface area contributed by atoms with Crippen LogP contribution in [0.15, 0.2) is 70.8 Å². The summed E-state index contributed by atoms with van der Waals surface area (Å²) in [6, 6.07) is 16.2. The van der Waals surface area contributed by atoms with Gasteiger partial charge in [-0.05, 0) is 62.1 Å². The molecule has 1 aromatic heterocycles. The Bertz CT molecular complexity index is 1020. The standard InChI is InChI=1S/C24H26N4OS/c1-17-10-11-20(15-18(17)2)27-23(29)19-7-6-14-28(16-19)22-24(26-13-12-25-22)30-21-8-4-3-5-9-21/h3-5,8-13,15,19H,6-7,14,16H2,1-2H3,(H,27,29). The number of amides is 1. The van der Waals surface area contributed by atoms with E-state index in [0.717, 1.165) is 40.8 Å². The average Bonchev–Trinajstić information content (AvgIpc) is 2.77. The van der Waals surface area contributed by atoms with Crippen LogP contribution >= 0.6 is 11.8 Å². The monoisotopic (exact) mass is 418 g/mol. The Morgan fingerprint density at radius 3 is 2.67 bits per heavy atom. The first-order chi connectivity index (χ1) is 14.6. The van der Waals surface area contributed by atoms with Crippen LogP contribution in [0.5, 0.6) is 0 Å². The van der Waals surface area contributed by atoms with Gasteiger partial charge in [0, 0.05) is 36.1 Å². The van der Waals surface area contributed by atoms with Crippen molar-refractivity contribution in [3.8, 4) is 0 Å². The smallest absolute Gasteiger partial charge is 0.229 e. The Balaban J connectivity index is 1.47. The molecule has 1 aliphatic rings. The highest BCUT2D eigenvalue weighted by Gasteiger charge is 2.28. The number of aromatic nitrogens is 2. The van der Waals surface area contributed by atoms with Crippen LogP contribution in [-0.2, 0) is 4.79 Å². The first-order valence-corrected chi connectivity index (χ1v) is 11.1. The lowest BCUT2D eigenvalue weighted by Gasteiger charge is -2.33. The molecule has 0 aliphatic carbocycles. The van der Waals surface area contributed by atoms with Gasteiger partial charge in [0.15, 0.2) is 5.82 Å². The van der Waals surface area contributed by atoms with E-state index >= 15 is 0 Å². The highest BCUT2D eigenvalue weighted by atomic mass is 32.2. The topological polar surface area (TPSA) is 58.1 Å². The summed E-state index contributed by atoms with van der Waals surface area (Å²) in [4.78, 5) is 25.4. The zero-order chi connectivity index (χ0) is 20.9. The van der Waals surface area contributed by atoms with Gasteiger partial charge in [-0.25, -0.2) is 9.97 Å². The number of piperidine rings is 1. The Hall–Kier alpha value is -2.86. The maximum Gasteiger partial charge on any atom is 0.229 e. The Labute approximate surface area is 181 Å². The van der Waals surface area contributed by atoms with Crippen molar-refractivity contribution in [2.24, 2.45) is 5.92 Å². The van der Waals surface area contributed by atoms with Crippen LogP contribution in [0.2, 0.25) is 0 Å². The molecule has 1 amide bonds. The van der Waals surface area contributed by atoms with Crippen LogP contribution in [0.4, 0.5) is 11.5 Å². The number of rotatable bonds is 5. The van der Waals surface area contributed by atoms with E-state index in [9.17, 15) is 4.79 Å². The van der Waals surface area contributed by atoms with Gasteiger partial charge in [0.05, 0.1) is 5.92 Å². The van der Waals surface area contributed by atoms with Crippen molar-refractivity contribution in [2.75, 3.05) is 23.3 Å². The number of anilines is 2. The molecular formula is C24H26N4OS. The summed E-state index contributed by atoms with van der Waals surface area (Å²) >= 11 is 1.61. The zero-order valence-electron chi connectivity index (χ0n) is 17.3. The first kappa shape index (κ1) is 20.4. The summed E-state index contributed by atoms with van der Waals surface area (Å²) in [6.07, 6.45) is 5.29. The van der Waals surface area contributed by atoms with Gasteiger partial charge in [0.1, 0.15) is 5.03 Å². The molecule has 1 unspecified atom stereocenters. The van der Waals surface area contributed by atoms with Gasteiger partial charge in [0.2, 0.25) is 5.91 Å². The van der Waals surface area contributed by atoms with Crippen molar-refractivity contribution in [1.82, 2.24) is 9.97 Å². The number of benzene rings is 2. The molecule has 0 bridgehead atoms. The second kappa shape index (κ2) is 9.30. The number of nitrogens with zero attached hydrogens (tertiary/aromatic N) is 3. The second-order valence-corrected chi connectivity index (χ2v) is 8.74. The van der Waals surface area contributed by atoms with Crippen LogP contribution in [-0.4, -0.2) is 29.0 Å². The highest BCUT2D eigenvalue weighted by Crippen LogP contribution is 2.34. The van der Waals surface area contributed by atoms with E-state index in [1.165, 1.54) is 11.1 Å². The lowest BCUT2D eigenvalue weighted by molar-refractivity contribution is -0.120. The van der Waals surface area contributed by atoms with Gasteiger partial charge in [0.25, 0.3) is 0 Å². The van der Waals surface area contributed by atoms with E-state index in [1.54, 1.807) is 24.2 Å². The Morgan fingerprint density at radius 1 is 1.07 bits per heavy atom. The van der Waals surface area contributed by atoms with Gasteiger partial charge < -0.3 is 10.2 Å². The van der Waals surface area contributed by atoms with E-state index < -0.39 is 0 Å². The fourth-order valence-electron chi connectivity index (χ4n) is 3.65. The average molecular weight is 419 g/mol. The lowest BCUT2D eigenvalue weighted by atomic mass is 9.97. The molecule has 2 heterocycles. The second-order valence-electron chi connectivity index (χ2n) is 7.67. The SMILES string of the molecule is Cc1ccc(NC(=O)C2CCCN(c3nccnc3Sc3ccccc3)C2)cc1C. The number of hydrogen-bond donors (Lipinski definition) is 1. The van der Waals surface area contributed by atoms with Crippen molar-refractivity contribution < 1.29 is 4.79 Å². The summed E-state index contributed by atoms with van der Waals surface area (Å²) in [6.45, 7) is 5.67. The van der Waals surface area contributed by atoms with E-state index in [2.05, 4.69) is 46.2 Å². The minimum atomic E-state index is -0.0723. The molecule has 30 heavy (non-hydrogen) atoms. The number of nitrogens with one attached hydrogen (secondary N) is 1. The van der Waals surface area contributed by atoms with Gasteiger partial charge in [-0.3, -0.25) is 4.79 Å². The number of carbonyl (C=O) groups is 1. The third-order valence-electron chi connectivity index (χ3n) is 5.47. The normalized spacial score (nSPS) is 16.3. The predicted octanol–water partition coefficient (Wildman–Crippen LogP) is 5.10. The molecule has 1 saturated heterocycles. The predicted molar refractivity (Wildman–Crippen MR) is 122 cm³/mol.